The van der Waals surface area contributed by atoms with Crippen LogP contribution in [0.25, 0.3) is 0 Å². The predicted octanol–water partition coefficient (Wildman–Crippen LogP) is 3.62. The van der Waals surface area contributed by atoms with E-state index in [1.54, 1.807) is 0 Å². The number of benzene rings is 1. The number of hydrogen-bond donors (Lipinski definition) is 2. The molecule has 0 heterocycles. The van der Waals surface area contributed by atoms with Crippen molar-refractivity contribution in [1.29, 1.82) is 5.41 Å². The molecule has 0 radical (unpaired) electrons. The van der Waals surface area contributed by atoms with Gasteiger partial charge in [0.15, 0.2) is 0 Å². The average Bonchev–Trinajstić information content (AvgIpc) is 2.37. The summed E-state index contributed by atoms with van der Waals surface area (Å²) < 4.78 is 0. The summed E-state index contributed by atoms with van der Waals surface area (Å²) in [4.78, 5) is 0. The van der Waals surface area contributed by atoms with Crippen LogP contribution >= 0.6 is 0 Å². The van der Waals surface area contributed by atoms with E-state index in [-0.39, 0.29) is 5.41 Å². The molecule has 4 aliphatic rings. The lowest BCUT2D eigenvalue weighted by Crippen LogP contribution is -2.61. The summed E-state index contributed by atoms with van der Waals surface area (Å²) in [6.07, 6.45) is 6.61. The first-order valence-corrected chi connectivity index (χ1v) is 8.02. The Morgan fingerprint density at radius 3 is 2.20 bits per heavy atom. The molecule has 20 heavy (non-hydrogen) atoms. The highest BCUT2D eigenvalue weighted by Crippen LogP contribution is 2.62. The first kappa shape index (κ1) is 12.4. The fourth-order valence-corrected chi connectivity index (χ4v) is 5.90. The second-order valence-electron chi connectivity index (χ2n) is 7.46. The Labute approximate surface area is 121 Å². The number of amidine groups is 1. The van der Waals surface area contributed by atoms with E-state index in [1.807, 2.05) is 0 Å². The molecule has 3 N–H and O–H groups in total. The van der Waals surface area contributed by atoms with Gasteiger partial charge in [-0.3, -0.25) is 5.41 Å². The van der Waals surface area contributed by atoms with Crippen molar-refractivity contribution in [3.8, 4) is 0 Å². The smallest absolute Gasteiger partial charge is 0.102 e. The minimum atomic E-state index is -0.153. The normalized spacial score (nSPS) is 41.9. The summed E-state index contributed by atoms with van der Waals surface area (Å²) in [5.74, 6) is 3.47. The number of aryl methyl sites for hydroxylation is 1. The maximum atomic E-state index is 8.40. The highest BCUT2D eigenvalue weighted by atomic mass is 14.8. The molecule has 4 fully saturated rings. The molecule has 0 unspecified atom stereocenters. The summed E-state index contributed by atoms with van der Waals surface area (Å²) in [5.41, 5.74) is 8.67. The highest BCUT2D eigenvalue weighted by Gasteiger charge is 2.59. The Balaban J connectivity index is 1.87. The van der Waals surface area contributed by atoms with Crippen LogP contribution in [0.3, 0.4) is 0 Å². The van der Waals surface area contributed by atoms with Crippen LogP contribution in [-0.4, -0.2) is 5.84 Å². The first-order valence-electron chi connectivity index (χ1n) is 8.02. The molecule has 1 aromatic rings. The minimum absolute atomic E-state index is 0.153. The third-order valence-electron chi connectivity index (χ3n) is 6.37. The second-order valence-corrected chi connectivity index (χ2v) is 7.46. The molecule has 0 aromatic heterocycles. The predicted molar refractivity (Wildman–Crippen MR) is 81.8 cm³/mol. The molecule has 2 nitrogen and oxygen atoms in total. The fourth-order valence-electron chi connectivity index (χ4n) is 5.90. The number of nitrogens with one attached hydrogen (secondary N) is 1. The van der Waals surface area contributed by atoms with E-state index in [4.69, 9.17) is 11.1 Å². The fraction of sp³-hybridized carbons (Fsp3) is 0.611. The van der Waals surface area contributed by atoms with Crippen molar-refractivity contribution in [1.82, 2.24) is 0 Å². The largest absolute Gasteiger partial charge is 0.387 e. The summed E-state index contributed by atoms with van der Waals surface area (Å²) in [5, 5.41) is 8.40. The lowest BCUT2D eigenvalue weighted by Gasteiger charge is -2.61. The third kappa shape index (κ3) is 1.48. The van der Waals surface area contributed by atoms with Crippen molar-refractivity contribution in [3.63, 3.8) is 0 Å². The Morgan fingerprint density at radius 1 is 1.10 bits per heavy atom. The van der Waals surface area contributed by atoms with Gasteiger partial charge in [-0.25, -0.2) is 0 Å². The molecule has 0 spiro atoms. The van der Waals surface area contributed by atoms with Crippen LogP contribution in [0, 0.1) is 36.0 Å². The van der Waals surface area contributed by atoms with E-state index in [1.165, 1.54) is 43.2 Å². The van der Waals surface area contributed by atoms with Gasteiger partial charge in [0.2, 0.25) is 0 Å². The highest BCUT2D eigenvalue weighted by molar-refractivity contribution is 5.90. The molecular formula is C18H24N2. The topological polar surface area (TPSA) is 49.9 Å². The Morgan fingerprint density at radius 2 is 1.70 bits per heavy atom. The lowest BCUT2D eigenvalue weighted by atomic mass is 9.43. The maximum Gasteiger partial charge on any atom is 0.102 e. The van der Waals surface area contributed by atoms with Crippen LogP contribution < -0.4 is 5.73 Å². The lowest BCUT2D eigenvalue weighted by molar-refractivity contribution is -0.0300. The van der Waals surface area contributed by atoms with E-state index >= 15 is 0 Å². The molecule has 2 heteroatoms. The number of rotatable bonds is 2. The summed E-state index contributed by atoms with van der Waals surface area (Å²) in [6.45, 7) is 2.15. The van der Waals surface area contributed by atoms with E-state index in [0.29, 0.717) is 17.7 Å². The van der Waals surface area contributed by atoms with Crippen molar-refractivity contribution in [3.05, 3.63) is 35.4 Å². The standard InChI is InChI=1S/C18H24N2/c1-11-3-2-4-14(5-11)18(17(19)20)15-7-12-6-13(9-15)10-16(18)8-12/h2-5,12-13,15-16H,6-10H2,1H3,(H3,19,20). The monoisotopic (exact) mass is 268 g/mol. The van der Waals surface area contributed by atoms with E-state index in [9.17, 15) is 0 Å². The van der Waals surface area contributed by atoms with Gasteiger partial charge in [0.05, 0.1) is 5.41 Å². The molecule has 5 rings (SSSR count). The zero-order valence-corrected chi connectivity index (χ0v) is 12.2. The molecule has 4 bridgehead atoms. The second kappa shape index (κ2) is 4.09. The molecule has 0 amide bonds. The maximum absolute atomic E-state index is 8.40. The van der Waals surface area contributed by atoms with E-state index in [2.05, 4.69) is 31.2 Å². The average molecular weight is 268 g/mol. The summed E-state index contributed by atoms with van der Waals surface area (Å²) in [7, 11) is 0. The molecule has 0 aliphatic heterocycles. The molecule has 106 valence electrons. The molecule has 1 aromatic carbocycles. The molecule has 4 saturated carbocycles. The van der Waals surface area contributed by atoms with Gasteiger partial charge in [-0.2, -0.15) is 0 Å². The summed E-state index contributed by atoms with van der Waals surface area (Å²) >= 11 is 0. The van der Waals surface area contributed by atoms with Crippen LogP contribution in [-0.2, 0) is 5.41 Å². The quantitative estimate of drug-likeness (QED) is 0.624. The van der Waals surface area contributed by atoms with Crippen LogP contribution in [0.2, 0.25) is 0 Å². The van der Waals surface area contributed by atoms with Gasteiger partial charge in [-0.15, -0.1) is 0 Å². The van der Waals surface area contributed by atoms with Crippen molar-refractivity contribution >= 4 is 5.84 Å². The zero-order valence-electron chi connectivity index (χ0n) is 12.2. The molecular weight excluding hydrogens is 244 g/mol. The van der Waals surface area contributed by atoms with Crippen molar-refractivity contribution < 1.29 is 0 Å². The van der Waals surface area contributed by atoms with Gasteiger partial charge in [0, 0.05) is 0 Å². The summed E-state index contributed by atoms with van der Waals surface area (Å²) in [6, 6.07) is 8.79. The zero-order chi connectivity index (χ0) is 13.9. The Kier molecular flexibility index (Phi) is 2.55. The van der Waals surface area contributed by atoms with E-state index in [0.717, 1.165) is 11.8 Å². The van der Waals surface area contributed by atoms with E-state index < -0.39 is 0 Å². The number of hydrogen-bond acceptors (Lipinski definition) is 1. The van der Waals surface area contributed by atoms with Gasteiger partial charge in [-0.1, -0.05) is 29.8 Å². The minimum Gasteiger partial charge on any atom is -0.387 e. The van der Waals surface area contributed by atoms with Crippen LogP contribution in [0.1, 0.15) is 43.2 Å². The van der Waals surface area contributed by atoms with Gasteiger partial charge >= 0.3 is 0 Å². The van der Waals surface area contributed by atoms with Crippen molar-refractivity contribution in [2.45, 2.75) is 44.4 Å². The Bertz CT molecular complexity index is 532. The van der Waals surface area contributed by atoms with Gasteiger partial charge in [-0.05, 0) is 68.3 Å². The van der Waals surface area contributed by atoms with Crippen LogP contribution in [0.15, 0.2) is 24.3 Å². The SMILES string of the molecule is Cc1cccc(C2(C(=N)N)C3CC4CC(C3)CC2C4)c1. The van der Waals surface area contributed by atoms with Crippen molar-refractivity contribution in [2.75, 3.05) is 0 Å². The first-order chi connectivity index (χ1) is 9.60. The third-order valence-corrected chi connectivity index (χ3v) is 6.37. The van der Waals surface area contributed by atoms with Gasteiger partial charge in [0.25, 0.3) is 0 Å². The van der Waals surface area contributed by atoms with Gasteiger partial charge in [0.1, 0.15) is 5.84 Å². The molecule has 0 atom stereocenters. The van der Waals surface area contributed by atoms with Gasteiger partial charge < -0.3 is 5.73 Å². The Hall–Kier alpha value is -1.31. The van der Waals surface area contributed by atoms with Crippen LogP contribution in [0.5, 0.6) is 0 Å². The van der Waals surface area contributed by atoms with Crippen LogP contribution in [0.4, 0.5) is 0 Å². The number of nitrogens with two attached hydrogens (primary N) is 1. The molecule has 4 aliphatic carbocycles. The molecule has 0 saturated heterocycles. The van der Waals surface area contributed by atoms with Crippen molar-refractivity contribution in [2.24, 2.45) is 29.4 Å².